The monoisotopic (exact) mass is 427 g/mol. The Labute approximate surface area is 180 Å². The zero-order chi connectivity index (χ0) is 21.8. The number of benzene rings is 2. The molecule has 3 aromatic rings. The lowest BCUT2D eigenvalue weighted by atomic mass is 9.95. The minimum Gasteiger partial charge on any atom is -0.493 e. The second-order valence-electron chi connectivity index (χ2n) is 7.43. The summed E-state index contributed by atoms with van der Waals surface area (Å²) in [6, 6.07) is 10.5. The Bertz CT molecular complexity index is 1040. The Balaban J connectivity index is 1.59. The van der Waals surface area contributed by atoms with Gasteiger partial charge in [-0.3, -0.25) is 4.90 Å². The molecule has 1 atom stereocenters. The topological polar surface area (TPSA) is 69.9 Å². The molecule has 1 fully saturated rings. The van der Waals surface area contributed by atoms with Crippen molar-refractivity contribution >= 4 is 0 Å². The lowest BCUT2D eigenvalue weighted by Crippen LogP contribution is -2.33. The molecule has 0 bridgehead atoms. The Hall–Kier alpha value is -3.13. The summed E-state index contributed by atoms with van der Waals surface area (Å²) in [6.45, 7) is 1.38. The molecule has 164 valence electrons. The lowest BCUT2D eigenvalue weighted by molar-refractivity contribution is 0.123. The average Bonchev–Trinajstić information content (AvgIpc) is 3.26. The van der Waals surface area contributed by atoms with E-state index < -0.39 is 0 Å². The number of aromatic nitrogens is 2. The summed E-state index contributed by atoms with van der Waals surface area (Å²) >= 11 is 0. The van der Waals surface area contributed by atoms with Gasteiger partial charge in [0.05, 0.1) is 33.4 Å². The van der Waals surface area contributed by atoms with E-state index in [4.69, 9.17) is 18.7 Å². The minimum atomic E-state index is -0.219. The number of halogens is 1. The average molecular weight is 427 g/mol. The van der Waals surface area contributed by atoms with Gasteiger partial charge in [0.2, 0.25) is 17.5 Å². The van der Waals surface area contributed by atoms with Crippen molar-refractivity contribution in [1.82, 2.24) is 15.0 Å². The zero-order valence-electron chi connectivity index (χ0n) is 17.9. The summed E-state index contributed by atoms with van der Waals surface area (Å²) in [6.07, 6.45) is 3.15. The van der Waals surface area contributed by atoms with Crippen LogP contribution in [0.2, 0.25) is 0 Å². The number of piperidine rings is 1. The number of ether oxygens (including phenoxy) is 3. The fourth-order valence-corrected chi connectivity index (χ4v) is 4.15. The maximum atomic E-state index is 13.8. The van der Waals surface area contributed by atoms with Gasteiger partial charge in [-0.1, -0.05) is 23.7 Å². The van der Waals surface area contributed by atoms with Gasteiger partial charge in [0.15, 0.2) is 11.5 Å². The first-order valence-electron chi connectivity index (χ1n) is 10.3. The second-order valence-corrected chi connectivity index (χ2v) is 7.43. The van der Waals surface area contributed by atoms with Gasteiger partial charge in [0, 0.05) is 6.04 Å². The van der Waals surface area contributed by atoms with Crippen LogP contribution in [-0.2, 0) is 6.54 Å². The van der Waals surface area contributed by atoms with Gasteiger partial charge in [0.25, 0.3) is 0 Å². The number of hydrogen-bond acceptors (Lipinski definition) is 7. The molecule has 2 heterocycles. The second kappa shape index (κ2) is 9.34. The molecule has 1 aromatic heterocycles. The molecule has 1 aliphatic heterocycles. The highest BCUT2D eigenvalue weighted by Crippen LogP contribution is 2.43. The van der Waals surface area contributed by atoms with Crippen molar-refractivity contribution in [3.8, 4) is 28.6 Å². The van der Waals surface area contributed by atoms with Crippen molar-refractivity contribution in [2.45, 2.75) is 31.8 Å². The van der Waals surface area contributed by atoms with Crippen molar-refractivity contribution in [2.75, 3.05) is 27.9 Å². The number of rotatable bonds is 7. The van der Waals surface area contributed by atoms with Gasteiger partial charge in [-0.25, -0.2) is 4.39 Å². The van der Waals surface area contributed by atoms with Crippen LogP contribution in [0, 0.1) is 5.82 Å². The lowest BCUT2D eigenvalue weighted by Gasteiger charge is -2.35. The van der Waals surface area contributed by atoms with Crippen LogP contribution in [0.3, 0.4) is 0 Å². The minimum absolute atomic E-state index is 0.121. The molecule has 0 saturated carbocycles. The number of methoxy groups -OCH3 is 3. The molecular weight excluding hydrogens is 401 g/mol. The Kier molecular flexibility index (Phi) is 6.36. The Morgan fingerprint density at radius 1 is 1.06 bits per heavy atom. The summed E-state index contributed by atoms with van der Waals surface area (Å²) in [5.74, 6) is 2.19. The summed E-state index contributed by atoms with van der Waals surface area (Å²) in [4.78, 5) is 6.86. The predicted molar refractivity (Wildman–Crippen MR) is 113 cm³/mol. The van der Waals surface area contributed by atoms with Crippen LogP contribution < -0.4 is 14.2 Å². The van der Waals surface area contributed by atoms with Gasteiger partial charge in [0.1, 0.15) is 5.82 Å². The summed E-state index contributed by atoms with van der Waals surface area (Å²) < 4.78 is 35.6. The first-order valence-corrected chi connectivity index (χ1v) is 10.3. The normalized spacial score (nSPS) is 16.8. The van der Waals surface area contributed by atoms with Crippen LogP contribution in [-0.4, -0.2) is 42.9 Å². The van der Waals surface area contributed by atoms with Crippen LogP contribution in [0.1, 0.15) is 36.8 Å². The van der Waals surface area contributed by atoms with Crippen molar-refractivity contribution in [2.24, 2.45) is 0 Å². The van der Waals surface area contributed by atoms with E-state index in [0.29, 0.717) is 41.1 Å². The standard InChI is InChI=1S/C23H26FN3O4/c1-28-19-11-10-17(21(29-2)22(19)30-3)23-25-20(31-26-23)14-27-12-5-4-9-18(27)15-7-6-8-16(24)13-15/h6-8,10-11,13,18H,4-5,9,12,14H2,1-3H3. The molecule has 0 amide bonds. The maximum absolute atomic E-state index is 13.8. The van der Waals surface area contributed by atoms with Gasteiger partial charge < -0.3 is 18.7 Å². The molecule has 1 unspecified atom stereocenters. The van der Waals surface area contributed by atoms with E-state index in [1.54, 1.807) is 39.5 Å². The number of hydrogen-bond donors (Lipinski definition) is 0. The molecule has 0 radical (unpaired) electrons. The van der Waals surface area contributed by atoms with Crippen LogP contribution in [0.15, 0.2) is 40.9 Å². The van der Waals surface area contributed by atoms with Crippen LogP contribution in [0.5, 0.6) is 17.2 Å². The van der Waals surface area contributed by atoms with Crippen molar-refractivity contribution in [3.05, 3.63) is 53.7 Å². The molecule has 8 heteroatoms. The van der Waals surface area contributed by atoms with E-state index in [2.05, 4.69) is 15.0 Å². The third kappa shape index (κ3) is 4.34. The molecule has 0 N–H and O–H groups in total. The largest absolute Gasteiger partial charge is 0.493 e. The third-order valence-electron chi connectivity index (χ3n) is 5.60. The first kappa shape index (κ1) is 21.1. The Morgan fingerprint density at radius 2 is 1.90 bits per heavy atom. The van der Waals surface area contributed by atoms with Crippen molar-refractivity contribution in [3.63, 3.8) is 0 Å². The van der Waals surface area contributed by atoms with Crippen LogP contribution >= 0.6 is 0 Å². The molecule has 4 rings (SSSR count). The molecule has 1 saturated heterocycles. The molecule has 0 spiro atoms. The summed E-state index contributed by atoms with van der Waals surface area (Å²) in [5, 5.41) is 4.15. The molecular formula is C23H26FN3O4. The predicted octanol–water partition coefficient (Wildman–Crippen LogP) is 4.63. The zero-order valence-corrected chi connectivity index (χ0v) is 17.9. The highest BCUT2D eigenvalue weighted by molar-refractivity contribution is 5.72. The van der Waals surface area contributed by atoms with E-state index in [-0.39, 0.29) is 11.9 Å². The molecule has 0 aliphatic carbocycles. The van der Waals surface area contributed by atoms with E-state index >= 15 is 0 Å². The quantitative estimate of drug-likeness (QED) is 0.544. The third-order valence-corrected chi connectivity index (χ3v) is 5.60. The van der Waals surface area contributed by atoms with Crippen LogP contribution in [0.4, 0.5) is 4.39 Å². The summed E-state index contributed by atoms with van der Waals surface area (Å²) in [7, 11) is 4.67. The molecule has 2 aromatic carbocycles. The van der Waals surface area contributed by atoms with E-state index in [1.165, 1.54) is 6.07 Å². The molecule has 31 heavy (non-hydrogen) atoms. The number of nitrogens with zero attached hydrogens (tertiary/aromatic N) is 3. The van der Waals surface area contributed by atoms with Crippen molar-refractivity contribution in [1.29, 1.82) is 0 Å². The highest BCUT2D eigenvalue weighted by atomic mass is 19.1. The van der Waals surface area contributed by atoms with Crippen molar-refractivity contribution < 1.29 is 23.1 Å². The maximum Gasteiger partial charge on any atom is 0.241 e. The van der Waals surface area contributed by atoms with E-state index in [1.807, 2.05) is 12.1 Å². The smallest absolute Gasteiger partial charge is 0.241 e. The fourth-order valence-electron chi connectivity index (χ4n) is 4.15. The van der Waals surface area contributed by atoms with Crippen LogP contribution in [0.25, 0.3) is 11.4 Å². The SMILES string of the molecule is COc1ccc(-c2noc(CN3CCCCC3c3cccc(F)c3)n2)c(OC)c1OC. The van der Waals surface area contributed by atoms with Gasteiger partial charge in [-0.2, -0.15) is 4.98 Å². The van der Waals surface area contributed by atoms with E-state index in [0.717, 1.165) is 31.4 Å². The highest BCUT2D eigenvalue weighted by Gasteiger charge is 2.27. The summed E-state index contributed by atoms with van der Waals surface area (Å²) in [5.41, 5.74) is 1.62. The van der Waals surface area contributed by atoms with Gasteiger partial charge >= 0.3 is 0 Å². The molecule has 7 nitrogen and oxygen atoms in total. The number of likely N-dealkylation sites (tertiary alicyclic amines) is 1. The van der Waals surface area contributed by atoms with Gasteiger partial charge in [-0.15, -0.1) is 0 Å². The molecule has 1 aliphatic rings. The van der Waals surface area contributed by atoms with Gasteiger partial charge in [-0.05, 0) is 49.2 Å². The first-order chi connectivity index (χ1) is 15.1. The Morgan fingerprint density at radius 3 is 2.65 bits per heavy atom. The fraction of sp³-hybridized carbons (Fsp3) is 0.391. The van der Waals surface area contributed by atoms with E-state index in [9.17, 15) is 4.39 Å².